The number of hydrogen-bond acceptors (Lipinski definition) is 4. The van der Waals surface area contributed by atoms with Gasteiger partial charge in [0.1, 0.15) is 0 Å². The molecule has 0 unspecified atom stereocenters. The molecule has 0 aliphatic heterocycles. The Kier molecular flexibility index (Phi) is 4.84. The fraction of sp³-hybridized carbons (Fsp3) is 0.364. The first-order chi connectivity index (χ1) is 8.06. The van der Waals surface area contributed by atoms with E-state index in [1.165, 1.54) is 7.11 Å². The second kappa shape index (κ2) is 6.15. The minimum Gasteiger partial charge on any atom is -0.462 e. The summed E-state index contributed by atoms with van der Waals surface area (Å²) in [5.74, 6) is -3.01. The van der Waals surface area contributed by atoms with Crippen molar-refractivity contribution in [3.05, 3.63) is 29.3 Å². The molecule has 94 valence electrons. The third kappa shape index (κ3) is 3.67. The molecule has 2 N–H and O–H groups in total. The number of esters is 1. The zero-order valence-electron chi connectivity index (χ0n) is 9.33. The summed E-state index contributed by atoms with van der Waals surface area (Å²) in [6.07, 6.45) is 0.520. The zero-order chi connectivity index (χ0) is 12.8. The van der Waals surface area contributed by atoms with Gasteiger partial charge in [-0.2, -0.15) is 0 Å². The van der Waals surface area contributed by atoms with Gasteiger partial charge in [-0.1, -0.05) is 0 Å². The summed E-state index contributed by atoms with van der Waals surface area (Å²) in [6.45, 7) is 0.575. The Morgan fingerprint density at radius 3 is 2.59 bits per heavy atom. The number of hydrogen-bond donors (Lipinski definition) is 1. The maximum absolute atomic E-state index is 12.9. The smallest absolute Gasteiger partial charge is 0.340 e. The first kappa shape index (κ1) is 13.4. The summed E-state index contributed by atoms with van der Waals surface area (Å²) in [4.78, 5) is 11.5. The van der Waals surface area contributed by atoms with Gasteiger partial charge in [-0.05, 0) is 6.07 Å². The van der Waals surface area contributed by atoms with Gasteiger partial charge in [-0.25, -0.2) is 13.6 Å². The highest BCUT2D eigenvalue weighted by molar-refractivity contribution is 5.95. The van der Waals surface area contributed by atoms with Crippen molar-refractivity contribution >= 4 is 11.7 Å². The number of nitrogens with two attached hydrogens (primary N) is 1. The van der Waals surface area contributed by atoms with Gasteiger partial charge in [-0.3, -0.25) is 0 Å². The van der Waals surface area contributed by atoms with Crippen LogP contribution in [0.5, 0.6) is 0 Å². The van der Waals surface area contributed by atoms with E-state index in [4.69, 9.17) is 15.2 Å². The molecular weight excluding hydrogens is 232 g/mol. The lowest BCUT2D eigenvalue weighted by atomic mass is 10.1. The largest absolute Gasteiger partial charge is 0.462 e. The Labute approximate surface area is 97.3 Å². The van der Waals surface area contributed by atoms with Crippen LogP contribution in [0.25, 0.3) is 0 Å². The Balaban J connectivity index is 2.66. The van der Waals surface area contributed by atoms with Gasteiger partial charge in [0, 0.05) is 31.9 Å². The zero-order valence-corrected chi connectivity index (χ0v) is 9.33. The van der Waals surface area contributed by atoms with Crippen LogP contribution in [-0.4, -0.2) is 26.3 Å². The van der Waals surface area contributed by atoms with Crippen molar-refractivity contribution in [2.75, 3.05) is 26.1 Å². The Hall–Kier alpha value is -1.69. The van der Waals surface area contributed by atoms with Gasteiger partial charge in [0.15, 0.2) is 11.6 Å². The van der Waals surface area contributed by atoms with Gasteiger partial charge in [0.2, 0.25) is 0 Å². The van der Waals surface area contributed by atoms with Gasteiger partial charge >= 0.3 is 5.97 Å². The quantitative estimate of drug-likeness (QED) is 0.487. The second-order valence-corrected chi connectivity index (χ2v) is 3.34. The first-order valence-corrected chi connectivity index (χ1v) is 4.97. The molecule has 1 aromatic rings. The highest BCUT2D eigenvalue weighted by atomic mass is 19.2. The monoisotopic (exact) mass is 245 g/mol. The van der Waals surface area contributed by atoms with Crippen LogP contribution < -0.4 is 5.73 Å². The van der Waals surface area contributed by atoms with E-state index in [-0.39, 0.29) is 17.9 Å². The van der Waals surface area contributed by atoms with Crippen molar-refractivity contribution in [2.24, 2.45) is 0 Å². The van der Waals surface area contributed by atoms with Gasteiger partial charge < -0.3 is 15.2 Å². The number of nitrogen functional groups attached to an aromatic ring is 1. The predicted octanol–water partition coefficient (Wildman–Crippen LogP) is 1.74. The summed E-state index contributed by atoms with van der Waals surface area (Å²) in [5.41, 5.74) is 5.06. The number of carbonyl (C=O) groups excluding carboxylic acids is 1. The van der Waals surface area contributed by atoms with Crippen molar-refractivity contribution in [3.63, 3.8) is 0 Å². The van der Waals surface area contributed by atoms with Crippen LogP contribution in [0.4, 0.5) is 14.5 Å². The lowest BCUT2D eigenvalue weighted by Crippen LogP contribution is -2.11. The van der Waals surface area contributed by atoms with Crippen molar-refractivity contribution < 1.29 is 23.0 Å². The molecule has 0 aliphatic carbocycles. The van der Waals surface area contributed by atoms with Crippen LogP contribution >= 0.6 is 0 Å². The molecule has 0 saturated carbocycles. The van der Waals surface area contributed by atoms with E-state index in [1.807, 2.05) is 0 Å². The maximum atomic E-state index is 12.9. The van der Waals surface area contributed by atoms with Crippen molar-refractivity contribution in [2.45, 2.75) is 6.42 Å². The van der Waals surface area contributed by atoms with E-state index in [0.717, 1.165) is 12.1 Å². The number of rotatable bonds is 5. The summed E-state index contributed by atoms with van der Waals surface area (Å²) >= 11 is 0. The fourth-order valence-electron chi connectivity index (χ4n) is 1.18. The topological polar surface area (TPSA) is 61.5 Å². The van der Waals surface area contributed by atoms with Crippen LogP contribution in [-0.2, 0) is 9.47 Å². The predicted molar refractivity (Wildman–Crippen MR) is 57.5 cm³/mol. The average Bonchev–Trinajstić information content (AvgIpc) is 2.29. The van der Waals surface area contributed by atoms with Crippen molar-refractivity contribution in [3.8, 4) is 0 Å². The molecule has 0 aliphatic rings. The molecule has 0 fully saturated rings. The lowest BCUT2D eigenvalue weighted by molar-refractivity contribution is 0.0469. The molecule has 0 atom stereocenters. The normalized spacial score (nSPS) is 10.3. The Bertz CT molecular complexity index is 410. The number of halogens is 2. The standard InChI is InChI=1S/C11H13F2NO3/c1-16-3-2-4-17-11(15)7-5-8(12)9(13)6-10(7)14/h5-6H,2-4,14H2,1H3. The van der Waals surface area contributed by atoms with E-state index in [1.54, 1.807) is 0 Å². The molecule has 4 nitrogen and oxygen atoms in total. The van der Waals surface area contributed by atoms with Crippen LogP contribution in [0.3, 0.4) is 0 Å². The molecule has 0 spiro atoms. The first-order valence-electron chi connectivity index (χ1n) is 4.97. The molecule has 6 heteroatoms. The van der Waals surface area contributed by atoms with Crippen molar-refractivity contribution in [1.82, 2.24) is 0 Å². The Morgan fingerprint density at radius 1 is 1.29 bits per heavy atom. The van der Waals surface area contributed by atoms with Gasteiger partial charge in [-0.15, -0.1) is 0 Å². The highest BCUT2D eigenvalue weighted by Gasteiger charge is 2.15. The molecule has 0 aromatic heterocycles. The summed E-state index contributed by atoms with van der Waals surface area (Å²) in [7, 11) is 1.52. The molecule has 0 saturated heterocycles. The Morgan fingerprint density at radius 2 is 1.94 bits per heavy atom. The summed E-state index contributed by atoms with van der Waals surface area (Å²) in [6, 6.07) is 1.48. The van der Waals surface area contributed by atoms with E-state index >= 15 is 0 Å². The number of anilines is 1. The van der Waals surface area contributed by atoms with Crippen LogP contribution in [0.1, 0.15) is 16.8 Å². The molecule has 0 radical (unpaired) electrons. The molecule has 1 aromatic carbocycles. The maximum Gasteiger partial charge on any atom is 0.340 e. The average molecular weight is 245 g/mol. The summed E-state index contributed by atoms with van der Waals surface area (Å²) < 4.78 is 35.2. The van der Waals surface area contributed by atoms with Crippen LogP contribution in [0.2, 0.25) is 0 Å². The molecule has 0 heterocycles. The number of benzene rings is 1. The molecule has 1 rings (SSSR count). The number of carbonyl (C=O) groups is 1. The lowest BCUT2D eigenvalue weighted by Gasteiger charge is -2.07. The number of ether oxygens (including phenoxy) is 2. The fourth-order valence-corrected chi connectivity index (χ4v) is 1.18. The number of methoxy groups -OCH3 is 1. The van der Waals surface area contributed by atoms with E-state index in [9.17, 15) is 13.6 Å². The highest BCUT2D eigenvalue weighted by Crippen LogP contribution is 2.17. The molecule has 0 bridgehead atoms. The third-order valence-electron chi connectivity index (χ3n) is 2.04. The minimum atomic E-state index is -1.14. The third-order valence-corrected chi connectivity index (χ3v) is 2.04. The second-order valence-electron chi connectivity index (χ2n) is 3.34. The van der Waals surface area contributed by atoms with Crippen LogP contribution in [0.15, 0.2) is 12.1 Å². The van der Waals surface area contributed by atoms with Gasteiger partial charge in [0.05, 0.1) is 12.2 Å². The van der Waals surface area contributed by atoms with E-state index in [2.05, 4.69) is 0 Å². The molecule has 17 heavy (non-hydrogen) atoms. The summed E-state index contributed by atoms with van der Waals surface area (Å²) in [5, 5.41) is 0. The van der Waals surface area contributed by atoms with E-state index < -0.39 is 17.6 Å². The van der Waals surface area contributed by atoms with E-state index in [0.29, 0.717) is 13.0 Å². The molecular formula is C11H13F2NO3. The van der Waals surface area contributed by atoms with Gasteiger partial charge in [0.25, 0.3) is 0 Å². The minimum absolute atomic E-state index is 0.130. The van der Waals surface area contributed by atoms with Crippen molar-refractivity contribution in [1.29, 1.82) is 0 Å². The SMILES string of the molecule is COCCCOC(=O)c1cc(F)c(F)cc1N. The molecule has 0 amide bonds. The van der Waals surface area contributed by atoms with Crippen LogP contribution in [0, 0.1) is 11.6 Å².